The van der Waals surface area contributed by atoms with E-state index in [0.717, 1.165) is 32.1 Å². The Kier molecular flexibility index (Phi) is 5.01. The van der Waals surface area contributed by atoms with E-state index in [1.165, 1.54) is 6.07 Å². The Labute approximate surface area is 140 Å². The predicted octanol–water partition coefficient (Wildman–Crippen LogP) is 2.71. The molecule has 2 aromatic carbocycles. The van der Waals surface area contributed by atoms with E-state index in [1.54, 1.807) is 18.2 Å². The molecule has 0 aromatic heterocycles. The average Bonchev–Trinajstić information content (AvgIpc) is 2.45. The van der Waals surface area contributed by atoms with Gasteiger partial charge in [0.1, 0.15) is 12.4 Å². The highest BCUT2D eigenvalue weighted by Crippen LogP contribution is 2.25. The van der Waals surface area contributed by atoms with E-state index in [2.05, 4.69) is 0 Å². The summed E-state index contributed by atoms with van der Waals surface area (Å²) in [6, 6.07) is 10.7. The van der Waals surface area contributed by atoms with Crippen molar-refractivity contribution < 1.29 is 22.7 Å². The first-order valence-electron chi connectivity index (χ1n) is 6.06. The van der Waals surface area contributed by atoms with E-state index in [1.807, 2.05) is 22.6 Å². The first-order valence-corrected chi connectivity index (χ1v) is 8.58. The lowest BCUT2D eigenvalue weighted by Crippen LogP contribution is -2.35. The fourth-order valence-electron chi connectivity index (χ4n) is 1.80. The van der Waals surface area contributed by atoms with Crippen molar-refractivity contribution in [1.82, 2.24) is 0 Å². The van der Waals surface area contributed by atoms with Crippen molar-refractivity contribution in [3.8, 4) is 0 Å². The number of carboxylic acid groups (broad SMARTS) is 1. The summed E-state index contributed by atoms with van der Waals surface area (Å²) in [5.41, 5.74) is 0.235. The van der Waals surface area contributed by atoms with Crippen LogP contribution in [0.2, 0.25) is 0 Å². The Bertz CT molecular complexity index is 793. The van der Waals surface area contributed by atoms with E-state index in [0.29, 0.717) is 0 Å². The van der Waals surface area contributed by atoms with Gasteiger partial charge in [-0.25, -0.2) is 12.8 Å². The number of carboxylic acids is 1. The van der Waals surface area contributed by atoms with Gasteiger partial charge in [0, 0.05) is 3.57 Å². The molecule has 0 saturated heterocycles. The Morgan fingerprint density at radius 2 is 1.82 bits per heavy atom. The van der Waals surface area contributed by atoms with Crippen LogP contribution in [0.25, 0.3) is 0 Å². The molecule has 0 unspecified atom stereocenters. The van der Waals surface area contributed by atoms with Crippen LogP contribution in [-0.4, -0.2) is 26.0 Å². The first-order chi connectivity index (χ1) is 10.3. The zero-order valence-electron chi connectivity index (χ0n) is 11.1. The van der Waals surface area contributed by atoms with Crippen molar-refractivity contribution in [2.45, 2.75) is 4.90 Å². The minimum Gasteiger partial charge on any atom is -0.480 e. The third-order valence-corrected chi connectivity index (χ3v) is 5.24. The number of benzene rings is 2. The van der Waals surface area contributed by atoms with Crippen molar-refractivity contribution in [3.63, 3.8) is 0 Å². The largest absolute Gasteiger partial charge is 0.480 e. The highest BCUT2D eigenvalue weighted by molar-refractivity contribution is 14.1. The molecular weight excluding hydrogens is 424 g/mol. The molecule has 8 heteroatoms. The highest BCUT2D eigenvalue weighted by atomic mass is 127. The lowest BCUT2D eigenvalue weighted by Gasteiger charge is -2.23. The standard InChI is InChI=1S/C14H11FINO4S/c15-10-4-6-13(7-5-10)22(20,21)17(9-14(18)19)12-3-1-2-11(16)8-12/h1-8H,9H2,(H,18,19). The van der Waals surface area contributed by atoms with Crippen LogP contribution in [0.1, 0.15) is 0 Å². The van der Waals surface area contributed by atoms with Crippen molar-refractivity contribution in [1.29, 1.82) is 0 Å². The number of aliphatic carboxylic acids is 1. The second kappa shape index (κ2) is 6.61. The number of anilines is 1. The van der Waals surface area contributed by atoms with Crippen LogP contribution in [0.5, 0.6) is 0 Å². The molecule has 0 spiro atoms. The summed E-state index contributed by atoms with van der Waals surface area (Å²) in [4.78, 5) is 10.9. The molecule has 2 rings (SSSR count). The molecule has 5 nitrogen and oxygen atoms in total. The van der Waals surface area contributed by atoms with Crippen LogP contribution in [0, 0.1) is 9.39 Å². The van der Waals surface area contributed by atoms with E-state index >= 15 is 0 Å². The molecule has 0 aliphatic carbocycles. The maximum Gasteiger partial charge on any atom is 0.324 e. The van der Waals surface area contributed by atoms with Gasteiger partial charge in [0.15, 0.2) is 0 Å². The molecule has 2 aromatic rings. The monoisotopic (exact) mass is 435 g/mol. The van der Waals surface area contributed by atoms with Gasteiger partial charge < -0.3 is 5.11 Å². The van der Waals surface area contributed by atoms with Gasteiger partial charge in [0.2, 0.25) is 0 Å². The fraction of sp³-hybridized carbons (Fsp3) is 0.0714. The van der Waals surface area contributed by atoms with Gasteiger partial charge in [-0.3, -0.25) is 9.10 Å². The molecule has 0 fully saturated rings. The summed E-state index contributed by atoms with van der Waals surface area (Å²) in [5, 5.41) is 9.00. The molecule has 0 saturated carbocycles. The molecule has 0 amide bonds. The lowest BCUT2D eigenvalue weighted by molar-refractivity contribution is -0.135. The summed E-state index contributed by atoms with van der Waals surface area (Å²) in [7, 11) is -4.10. The molecular formula is C14H11FINO4S. The van der Waals surface area contributed by atoms with Gasteiger partial charge in [-0.15, -0.1) is 0 Å². The van der Waals surface area contributed by atoms with Crippen molar-refractivity contribution in [2.75, 3.05) is 10.8 Å². The topological polar surface area (TPSA) is 74.7 Å². The number of carbonyl (C=O) groups is 1. The average molecular weight is 435 g/mol. The van der Waals surface area contributed by atoms with Crippen LogP contribution < -0.4 is 4.31 Å². The lowest BCUT2D eigenvalue weighted by atomic mass is 10.3. The number of rotatable bonds is 5. The Hall–Kier alpha value is -1.68. The summed E-state index contributed by atoms with van der Waals surface area (Å²) in [5.74, 6) is -1.86. The molecule has 0 bridgehead atoms. The van der Waals surface area contributed by atoms with Crippen LogP contribution in [0.4, 0.5) is 10.1 Å². The second-order valence-electron chi connectivity index (χ2n) is 4.34. The van der Waals surface area contributed by atoms with Gasteiger partial charge in [0.05, 0.1) is 10.6 Å². The maximum atomic E-state index is 13.0. The second-order valence-corrected chi connectivity index (χ2v) is 7.45. The fourth-order valence-corrected chi connectivity index (χ4v) is 3.74. The highest BCUT2D eigenvalue weighted by Gasteiger charge is 2.27. The number of sulfonamides is 1. The van der Waals surface area contributed by atoms with E-state index < -0.39 is 28.4 Å². The molecule has 0 aliphatic heterocycles. The van der Waals surface area contributed by atoms with Gasteiger partial charge in [-0.05, 0) is 65.1 Å². The van der Waals surface area contributed by atoms with Crippen LogP contribution in [-0.2, 0) is 14.8 Å². The third kappa shape index (κ3) is 3.74. The summed E-state index contributed by atoms with van der Waals surface area (Å²) >= 11 is 2.00. The number of hydrogen-bond acceptors (Lipinski definition) is 3. The van der Waals surface area contributed by atoms with E-state index in [9.17, 15) is 17.6 Å². The minimum absolute atomic E-state index is 0.172. The molecule has 0 aliphatic rings. The van der Waals surface area contributed by atoms with Gasteiger partial charge >= 0.3 is 5.97 Å². The molecule has 116 valence electrons. The van der Waals surface area contributed by atoms with Gasteiger partial charge in [-0.1, -0.05) is 6.07 Å². The van der Waals surface area contributed by atoms with Crippen LogP contribution in [0.15, 0.2) is 53.4 Å². The third-order valence-electron chi connectivity index (χ3n) is 2.78. The zero-order chi connectivity index (χ0) is 16.3. The summed E-state index contributed by atoms with van der Waals surface area (Å²) in [6.45, 7) is -0.722. The summed E-state index contributed by atoms with van der Waals surface area (Å²) < 4.78 is 39.8. The first kappa shape index (κ1) is 16.7. The van der Waals surface area contributed by atoms with Gasteiger partial charge in [0.25, 0.3) is 10.0 Å². The molecule has 0 atom stereocenters. The smallest absolute Gasteiger partial charge is 0.324 e. The van der Waals surface area contributed by atoms with E-state index in [4.69, 9.17) is 5.11 Å². The molecule has 1 N–H and O–H groups in total. The Morgan fingerprint density at radius 3 is 2.36 bits per heavy atom. The Morgan fingerprint density at radius 1 is 1.18 bits per heavy atom. The normalized spacial score (nSPS) is 11.2. The van der Waals surface area contributed by atoms with Crippen LogP contribution >= 0.6 is 22.6 Å². The van der Waals surface area contributed by atoms with Crippen molar-refractivity contribution in [3.05, 3.63) is 57.9 Å². The SMILES string of the molecule is O=C(O)CN(c1cccc(I)c1)S(=O)(=O)c1ccc(F)cc1. The van der Waals surface area contributed by atoms with Crippen molar-refractivity contribution >= 4 is 44.3 Å². The van der Waals surface area contributed by atoms with Crippen LogP contribution in [0.3, 0.4) is 0 Å². The molecule has 0 radical (unpaired) electrons. The van der Waals surface area contributed by atoms with E-state index in [-0.39, 0.29) is 10.6 Å². The van der Waals surface area contributed by atoms with Gasteiger partial charge in [-0.2, -0.15) is 0 Å². The molecule has 22 heavy (non-hydrogen) atoms. The molecule has 0 heterocycles. The quantitative estimate of drug-likeness (QED) is 0.734. The minimum atomic E-state index is -4.10. The Balaban J connectivity index is 2.53. The van der Waals surface area contributed by atoms with Crippen molar-refractivity contribution in [2.24, 2.45) is 0 Å². The number of hydrogen-bond donors (Lipinski definition) is 1. The predicted molar refractivity (Wildman–Crippen MR) is 87.7 cm³/mol. The number of halogens is 2. The zero-order valence-corrected chi connectivity index (χ0v) is 14.1. The summed E-state index contributed by atoms with van der Waals surface area (Å²) in [6.07, 6.45) is 0. The number of nitrogens with zero attached hydrogens (tertiary/aromatic N) is 1. The maximum absolute atomic E-state index is 13.0.